The van der Waals surface area contributed by atoms with Crippen LogP contribution in [-0.2, 0) is 4.79 Å². The third kappa shape index (κ3) is 6.92. The van der Waals surface area contributed by atoms with Gasteiger partial charge >= 0.3 is 0 Å². The van der Waals surface area contributed by atoms with E-state index in [0.29, 0.717) is 27.1 Å². The summed E-state index contributed by atoms with van der Waals surface area (Å²) in [5.41, 5.74) is 3.36. The van der Waals surface area contributed by atoms with Crippen LogP contribution in [0.25, 0.3) is 11.3 Å². The number of carbonyl (C=O) groups is 2. The zero-order valence-corrected chi connectivity index (χ0v) is 22.7. The van der Waals surface area contributed by atoms with Crippen molar-refractivity contribution in [3.63, 3.8) is 0 Å². The molecule has 2 amide bonds. The van der Waals surface area contributed by atoms with E-state index in [1.807, 2.05) is 47.8 Å². The van der Waals surface area contributed by atoms with Crippen molar-refractivity contribution in [3.05, 3.63) is 130 Å². The highest BCUT2D eigenvalue weighted by atomic mass is 35.5. The van der Waals surface area contributed by atoms with Crippen molar-refractivity contribution in [2.45, 2.75) is 10.1 Å². The molecule has 0 spiro atoms. The number of rotatable bonds is 8. The lowest BCUT2D eigenvalue weighted by molar-refractivity contribution is -0.115. The van der Waals surface area contributed by atoms with Gasteiger partial charge in [-0.25, -0.2) is 9.37 Å². The summed E-state index contributed by atoms with van der Waals surface area (Å²) in [4.78, 5) is 31.3. The van der Waals surface area contributed by atoms with Crippen molar-refractivity contribution in [1.82, 2.24) is 4.98 Å². The molecule has 9 heteroatoms. The summed E-state index contributed by atoms with van der Waals surface area (Å²) in [7, 11) is 0. The molecule has 39 heavy (non-hydrogen) atoms. The van der Waals surface area contributed by atoms with Crippen LogP contribution in [0.3, 0.4) is 0 Å². The number of benzene rings is 4. The summed E-state index contributed by atoms with van der Waals surface area (Å²) in [6.07, 6.45) is 0. The third-order valence-corrected chi connectivity index (χ3v) is 7.93. The predicted molar refractivity (Wildman–Crippen MR) is 157 cm³/mol. The minimum Gasteiger partial charge on any atom is -0.322 e. The van der Waals surface area contributed by atoms with Crippen LogP contribution in [-0.4, -0.2) is 16.8 Å². The summed E-state index contributed by atoms with van der Waals surface area (Å²) in [5, 5.41) is 8.01. The topological polar surface area (TPSA) is 71.1 Å². The first-order chi connectivity index (χ1) is 18.9. The molecule has 4 aromatic carbocycles. The minimum atomic E-state index is -0.545. The summed E-state index contributed by atoms with van der Waals surface area (Å²) in [6, 6.07) is 29.6. The minimum absolute atomic E-state index is 0.218. The first-order valence-corrected chi connectivity index (χ1v) is 14.0. The quantitative estimate of drug-likeness (QED) is 0.183. The average molecular weight is 574 g/mol. The van der Waals surface area contributed by atoms with E-state index in [0.717, 1.165) is 16.0 Å². The maximum absolute atomic E-state index is 13.4. The Labute approximate surface area is 238 Å². The molecule has 0 aliphatic carbocycles. The standard InChI is InChI=1S/C30H21ClFN3O2S2/c31-22-8-4-7-21(17-22)28(36)33-24-13-15-25(16-14-24)39-27(20-5-2-1-3-6-20)29(37)35-30-34-26(18-38-30)19-9-11-23(32)12-10-19/h1-18,27H,(H,33,36)(H,34,35,37). The Morgan fingerprint density at radius 2 is 1.62 bits per heavy atom. The number of hydrogen-bond acceptors (Lipinski definition) is 5. The van der Waals surface area contributed by atoms with Crippen LogP contribution in [0.2, 0.25) is 5.02 Å². The molecule has 2 N–H and O–H groups in total. The lowest BCUT2D eigenvalue weighted by Gasteiger charge is -2.16. The maximum atomic E-state index is 13.4. The van der Waals surface area contributed by atoms with Crippen LogP contribution in [0, 0.1) is 5.82 Å². The molecule has 1 heterocycles. The van der Waals surface area contributed by atoms with Gasteiger partial charge in [0.25, 0.3) is 5.91 Å². The first-order valence-electron chi connectivity index (χ1n) is 11.9. The van der Waals surface area contributed by atoms with E-state index in [2.05, 4.69) is 15.6 Å². The summed E-state index contributed by atoms with van der Waals surface area (Å²) in [6.45, 7) is 0. The van der Waals surface area contributed by atoms with E-state index in [9.17, 15) is 14.0 Å². The van der Waals surface area contributed by atoms with Crippen molar-refractivity contribution >= 4 is 57.3 Å². The molecule has 1 atom stereocenters. The Kier molecular flexibility index (Phi) is 8.36. The highest BCUT2D eigenvalue weighted by Crippen LogP contribution is 2.37. The lowest BCUT2D eigenvalue weighted by Crippen LogP contribution is -2.19. The zero-order valence-electron chi connectivity index (χ0n) is 20.3. The fraction of sp³-hybridized carbons (Fsp3) is 0.0333. The molecule has 0 bridgehead atoms. The number of thiazole rings is 1. The second-order valence-corrected chi connectivity index (χ2v) is 10.9. The molecule has 0 fully saturated rings. The van der Waals surface area contributed by atoms with Crippen LogP contribution in [0.15, 0.2) is 113 Å². The van der Waals surface area contributed by atoms with E-state index in [-0.39, 0.29) is 17.6 Å². The third-order valence-electron chi connectivity index (χ3n) is 5.67. The number of nitrogens with one attached hydrogen (secondary N) is 2. The van der Waals surface area contributed by atoms with Gasteiger partial charge in [0, 0.05) is 32.1 Å². The smallest absolute Gasteiger partial charge is 0.255 e. The van der Waals surface area contributed by atoms with E-state index in [1.165, 1.54) is 35.2 Å². The molecule has 1 unspecified atom stereocenters. The SMILES string of the molecule is O=C(Nc1ccc(SC(C(=O)Nc2nc(-c3ccc(F)cc3)cs2)c2ccccc2)cc1)c1cccc(Cl)c1. The Morgan fingerprint density at radius 3 is 2.33 bits per heavy atom. The second kappa shape index (κ2) is 12.3. The second-order valence-electron chi connectivity index (χ2n) is 8.43. The molecule has 5 rings (SSSR count). The molecule has 1 aromatic heterocycles. The van der Waals surface area contributed by atoms with Gasteiger partial charge in [0.05, 0.1) is 5.69 Å². The monoisotopic (exact) mass is 573 g/mol. The number of amides is 2. The van der Waals surface area contributed by atoms with Crippen LogP contribution in [0.1, 0.15) is 21.2 Å². The Morgan fingerprint density at radius 1 is 0.872 bits per heavy atom. The van der Waals surface area contributed by atoms with Gasteiger partial charge in [0.2, 0.25) is 5.91 Å². The molecule has 5 aromatic rings. The van der Waals surface area contributed by atoms with Crippen molar-refractivity contribution in [2.24, 2.45) is 0 Å². The fourth-order valence-corrected chi connectivity index (χ4v) is 5.68. The van der Waals surface area contributed by atoms with Crippen molar-refractivity contribution in [1.29, 1.82) is 0 Å². The van der Waals surface area contributed by atoms with Crippen LogP contribution in [0.5, 0.6) is 0 Å². The highest BCUT2D eigenvalue weighted by molar-refractivity contribution is 8.00. The van der Waals surface area contributed by atoms with Gasteiger partial charge in [-0.1, -0.05) is 48.0 Å². The van der Waals surface area contributed by atoms with Gasteiger partial charge in [0.15, 0.2) is 5.13 Å². The van der Waals surface area contributed by atoms with Gasteiger partial charge < -0.3 is 10.6 Å². The van der Waals surface area contributed by atoms with Gasteiger partial charge in [0.1, 0.15) is 11.1 Å². The van der Waals surface area contributed by atoms with Gasteiger partial charge in [-0.2, -0.15) is 0 Å². The first kappa shape index (κ1) is 26.6. The zero-order chi connectivity index (χ0) is 27.2. The normalized spacial score (nSPS) is 11.5. The van der Waals surface area contributed by atoms with Crippen molar-refractivity contribution in [3.8, 4) is 11.3 Å². The fourth-order valence-electron chi connectivity index (χ4n) is 3.74. The van der Waals surface area contributed by atoms with Gasteiger partial charge in [-0.05, 0) is 72.3 Å². The van der Waals surface area contributed by atoms with Gasteiger partial charge in [-0.3, -0.25) is 9.59 Å². The van der Waals surface area contributed by atoms with E-state index in [4.69, 9.17) is 11.6 Å². The average Bonchev–Trinajstić information content (AvgIpc) is 3.41. The molecule has 0 saturated heterocycles. The van der Waals surface area contributed by atoms with Crippen molar-refractivity contribution < 1.29 is 14.0 Å². The summed E-state index contributed by atoms with van der Waals surface area (Å²) >= 11 is 8.69. The lowest BCUT2D eigenvalue weighted by atomic mass is 10.1. The molecule has 0 aliphatic heterocycles. The predicted octanol–water partition coefficient (Wildman–Crippen LogP) is 8.33. The number of thioether (sulfide) groups is 1. The molecule has 0 saturated carbocycles. The molecule has 0 radical (unpaired) electrons. The molecule has 194 valence electrons. The maximum Gasteiger partial charge on any atom is 0.255 e. The Hall–Kier alpha value is -3.98. The van der Waals surface area contributed by atoms with E-state index >= 15 is 0 Å². The number of anilines is 2. The van der Waals surface area contributed by atoms with Crippen LogP contribution < -0.4 is 10.6 Å². The summed E-state index contributed by atoms with van der Waals surface area (Å²) < 4.78 is 13.3. The van der Waals surface area contributed by atoms with E-state index in [1.54, 1.807) is 48.5 Å². The van der Waals surface area contributed by atoms with Gasteiger partial charge in [-0.15, -0.1) is 23.1 Å². The number of halogens is 2. The molecular formula is C30H21ClFN3O2S2. The van der Waals surface area contributed by atoms with Crippen LogP contribution >= 0.6 is 34.7 Å². The van der Waals surface area contributed by atoms with E-state index < -0.39 is 5.25 Å². The Balaban J connectivity index is 1.29. The Bertz CT molecular complexity index is 1590. The summed E-state index contributed by atoms with van der Waals surface area (Å²) in [5.74, 6) is -0.797. The van der Waals surface area contributed by atoms with Crippen molar-refractivity contribution in [2.75, 3.05) is 10.6 Å². The molecule has 5 nitrogen and oxygen atoms in total. The molecular weight excluding hydrogens is 553 g/mol. The number of nitrogens with zero attached hydrogens (tertiary/aromatic N) is 1. The van der Waals surface area contributed by atoms with Crippen LogP contribution in [0.4, 0.5) is 15.2 Å². The molecule has 0 aliphatic rings. The number of aromatic nitrogens is 1. The highest BCUT2D eigenvalue weighted by Gasteiger charge is 2.23. The largest absolute Gasteiger partial charge is 0.322 e. The number of carbonyl (C=O) groups excluding carboxylic acids is 2. The number of hydrogen-bond donors (Lipinski definition) is 2.